The first kappa shape index (κ1) is 13.3. The van der Waals surface area contributed by atoms with Crippen LogP contribution < -0.4 is 5.73 Å². The zero-order valence-corrected chi connectivity index (χ0v) is 12.5. The van der Waals surface area contributed by atoms with Crippen molar-refractivity contribution in [2.45, 2.75) is 87.2 Å². The van der Waals surface area contributed by atoms with Crippen LogP contribution in [0.4, 0.5) is 0 Å². The fraction of sp³-hybridized carbons (Fsp3) is 1.00. The quantitative estimate of drug-likeness (QED) is 0.835. The van der Waals surface area contributed by atoms with E-state index >= 15 is 0 Å². The highest BCUT2D eigenvalue weighted by Gasteiger charge is 2.41. The lowest BCUT2D eigenvalue weighted by Crippen LogP contribution is -2.59. The molecular formula is C15H28N2S. The first-order chi connectivity index (χ1) is 8.78. The molecule has 2 aliphatic heterocycles. The molecule has 4 atom stereocenters. The van der Waals surface area contributed by atoms with Gasteiger partial charge in [0.1, 0.15) is 0 Å². The highest BCUT2D eigenvalue weighted by molar-refractivity contribution is 7.99. The third-order valence-corrected chi connectivity index (χ3v) is 6.52. The normalized spacial score (nSPS) is 46.0. The number of hydrogen-bond donors (Lipinski definition) is 1. The molecule has 104 valence electrons. The van der Waals surface area contributed by atoms with E-state index in [1.54, 1.807) is 0 Å². The molecule has 4 unspecified atom stereocenters. The third-order valence-electron chi connectivity index (χ3n) is 5.42. The van der Waals surface area contributed by atoms with E-state index in [0.29, 0.717) is 6.04 Å². The van der Waals surface area contributed by atoms with Gasteiger partial charge in [0.25, 0.3) is 0 Å². The van der Waals surface area contributed by atoms with Gasteiger partial charge in [-0.15, -0.1) is 0 Å². The number of rotatable bonds is 2. The van der Waals surface area contributed by atoms with Gasteiger partial charge in [-0.05, 0) is 51.2 Å². The molecule has 1 saturated carbocycles. The summed E-state index contributed by atoms with van der Waals surface area (Å²) in [6.45, 7) is 0. The number of thioether (sulfide) groups is 1. The maximum absolute atomic E-state index is 6.24. The predicted octanol–water partition coefficient (Wildman–Crippen LogP) is 3.00. The summed E-state index contributed by atoms with van der Waals surface area (Å²) in [5, 5.41) is 0.917. The van der Waals surface area contributed by atoms with Crippen LogP contribution in [0, 0.1) is 0 Å². The Hall–Kier alpha value is 0.270. The lowest BCUT2D eigenvalue weighted by molar-refractivity contribution is -0.0162. The summed E-state index contributed by atoms with van der Waals surface area (Å²) in [5.74, 6) is 0. The molecule has 0 radical (unpaired) electrons. The molecule has 2 bridgehead atoms. The van der Waals surface area contributed by atoms with E-state index in [0.717, 1.165) is 23.4 Å². The van der Waals surface area contributed by atoms with Crippen LogP contribution in [0.15, 0.2) is 0 Å². The van der Waals surface area contributed by atoms with Crippen molar-refractivity contribution in [1.82, 2.24) is 4.90 Å². The Morgan fingerprint density at radius 3 is 2.06 bits per heavy atom. The van der Waals surface area contributed by atoms with Crippen LogP contribution in [0.3, 0.4) is 0 Å². The zero-order valence-electron chi connectivity index (χ0n) is 11.7. The summed E-state index contributed by atoms with van der Waals surface area (Å²) in [5.41, 5.74) is 6.24. The minimum atomic E-state index is 0.483. The van der Waals surface area contributed by atoms with E-state index in [9.17, 15) is 0 Å². The molecule has 0 amide bonds. The van der Waals surface area contributed by atoms with Crippen LogP contribution in [0.2, 0.25) is 0 Å². The van der Waals surface area contributed by atoms with Crippen molar-refractivity contribution < 1.29 is 0 Å². The van der Waals surface area contributed by atoms with E-state index < -0.39 is 0 Å². The lowest BCUT2D eigenvalue weighted by Gasteiger charge is -2.53. The molecule has 1 aliphatic carbocycles. The molecule has 0 aromatic heterocycles. The number of piperidine rings is 2. The van der Waals surface area contributed by atoms with E-state index in [4.69, 9.17) is 5.73 Å². The van der Waals surface area contributed by atoms with Crippen molar-refractivity contribution in [3.8, 4) is 0 Å². The standard InChI is InChI=1S/C15H28N2S/c1-18-15-7-3-6-14(10-15)17-12-4-2-5-13(17)9-11(16)8-12/h11-15H,2-10,16H2,1H3. The predicted molar refractivity (Wildman–Crippen MR) is 80.0 cm³/mol. The Labute approximate surface area is 116 Å². The van der Waals surface area contributed by atoms with E-state index in [1.165, 1.54) is 57.8 Å². The molecule has 3 fully saturated rings. The van der Waals surface area contributed by atoms with Crippen molar-refractivity contribution in [1.29, 1.82) is 0 Å². The van der Waals surface area contributed by atoms with Crippen LogP contribution in [0.1, 0.15) is 57.8 Å². The molecule has 0 aromatic rings. The highest BCUT2D eigenvalue weighted by atomic mass is 32.2. The maximum atomic E-state index is 6.24. The van der Waals surface area contributed by atoms with Crippen LogP contribution in [0.25, 0.3) is 0 Å². The number of fused-ring (bicyclic) bond motifs is 2. The van der Waals surface area contributed by atoms with Gasteiger partial charge in [0.15, 0.2) is 0 Å². The fourth-order valence-electron chi connectivity index (χ4n) is 4.66. The second kappa shape index (κ2) is 5.72. The largest absolute Gasteiger partial charge is 0.328 e. The maximum Gasteiger partial charge on any atom is 0.0116 e. The smallest absolute Gasteiger partial charge is 0.0116 e. The number of nitrogens with two attached hydrogens (primary N) is 1. The van der Waals surface area contributed by atoms with E-state index in [-0.39, 0.29) is 0 Å². The minimum absolute atomic E-state index is 0.483. The summed E-state index contributed by atoms with van der Waals surface area (Å²) in [6, 6.07) is 2.99. The lowest BCUT2D eigenvalue weighted by atomic mass is 9.79. The first-order valence-corrected chi connectivity index (χ1v) is 9.12. The first-order valence-electron chi connectivity index (χ1n) is 7.83. The van der Waals surface area contributed by atoms with Crippen molar-refractivity contribution in [3.63, 3.8) is 0 Å². The molecule has 18 heavy (non-hydrogen) atoms. The fourth-order valence-corrected chi connectivity index (χ4v) is 5.48. The van der Waals surface area contributed by atoms with Gasteiger partial charge in [0.2, 0.25) is 0 Å². The molecule has 2 heterocycles. The molecular weight excluding hydrogens is 240 g/mol. The molecule has 0 spiro atoms. The van der Waals surface area contributed by atoms with Gasteiger partial charge in [-0.2, -0.15) is 11.8 Å². The second-order valence-corrected chi connectivity index (χ2v) is 7.73. The van der Waals surface area contributed by atoms with Crippen molar-refractivity contribution in [2.24, 2.45) is 5.73 Å². The average Bonchev–Trinajstić information content (AvgIpc) is 2.37. The molecule has 3 aliphatic rings. The van der Waals surface area contributed by atoms with Crippen LogP contribution in [-0.4, -0.2) is 40.6 Å². The Morgan fingerprint density at radius 2 is 1.44 bits per heavy atom. The summed E-state index contributed by atoms with van der Waals surface area (Å²) in [7, 11) is 0. The minimum Gasteiger partial charge on any atom is -0.328 e. The van der Waals surface area contributed by atoms with Gasteiger partial charge in [-0.3, -0.25) is 4.90 Å². The van der Waals surface area contributed by atoms with Crippen molar-refractivity contribution >= 4 is 11.8 Å². The summed E-state index contributed by atoms with van der Waals surface area (Å²) < 4.78 is 0. The van der Waals surface area contributed by atoms with Gasteiger partial charge in [-0.1, -0.05) is 12.8 Å². The Kier molecular flexibility index (Phi) is 4.21. The van der Waals surface area contributed by atoms with Crippen LogP contribution in [-0.2, 0) is 0 Å². The molecule has 2 saturated heterocycles. The van der Waals surface area contributed by atoms with Gasteiger partial charge in [0, 0.05) is 29.4 Å². The topological polar surface area (TPSA) is 29.3 Å². The van der Waals surface area contributed by atoms with Gasteiger partial charge < -0.3 is 5.73 Å². The van der Waals surface area contributed by atoms with E-state index in [1.807, 2.05) is 0 Å². The van der Waals surface area contributed by atoms with Gasteiger partial charge >= 0.3 is 0 Å². The molecule has 0 aromatic carbocycles. The SMILES string of the molecule is CSC1CCCC(N2C3CCCC2CC(N)C3)C1. The van der Waals surface area contributed by atoms with Crippen LogP contribution in [0.5, 0.6) is 0 Å². The Bertz CT molecular complexity index is 270. The zero-order chi connectivity index (χ0) is 12.5. The van der Waals surface area contributed by atoms with E-state index in [2.05, 4.69) is 22.9 Å². The third kappa shape index (κ3) is 2.59. The summed E-state index contributed by atoms with van der Waals surface area (Å²) in [4.78, 5) is 2.93. The summed E-state index contributed by atoms with van der Waals surface area (Å²) >= 11 is 2.09. The molecule has 3 heteroatoms. The monoisotopic (exact) mass is 268 g/mol. The Morgan fingerprint density at radius 1 is 0.889 bits per heavy atom. The average molecular weight is 268 g/mol. The van der Waals surface area contributed by atoms with Gasteiger partial charge in [0.05, 0.1) is 0 Å². The molecule has 2 N–H and O–H groups in total. The molecule has 2 nitrogen and oxygen atoms in total. The number of nitrogens with zero attached hydrogens (tertiary/aromatic N) is 1. The van der Waals surface area contributed by atoms with Crippen molar-refractivity contribution in [2.75, 3.05) is 6.26 Å². The Balaban J connectivity index is 1.70. The van der Waals surface area contributed by atoms with Crippen LogP contribution >= 0.6 is 11.8 Å². The van der Waals surface area contributed by atoms with Crippen molar-refractivity contribution in [3.05, 3.63) is 0 Å². The highest BCUT2D eigenvalue weighted by Crippen LogP contribution is 2.40. The number of hydrogen-bond acceptors (Lipinski definition) is 3. The second-order valence-electron chi connectivity index (χ2n) is 6.60. The van der Waals surface area contributed by atoms with Gasteiger partial charge in [-0.25, -0.2) is 0 Å². The summed E-state index contributed by atoms with van der Waals surface area (Å²) in [6.07, 6.45) is 14.8. The molecule has 3 rings (SSSR count).